The standard InChI is InChI=1S/C23H22ClN3O3S/c1-3-5-12-30-18-11-10-15(13-19(18)29-4-2)14-20-22(28)27-23(31-20)25-21(26-27)16-8-6-7-9-17(16)24/h6-11,13-14H,3-5,12H2,1-2H3/b20-14-. The molecule has 2 heterocycles. The van der Waals surface area contributed by atoms with Gasteiger partial charge in [0.2, 0.25) is 4.96 Å². The number of hydrogen-bond donors (Lipinski definition) is 0. The summed E-state index contributed by atoms with van der Waals surface area (Å²) in [5, 5.41) is 4.91. The highest BCUT2D eigenvalue weighted by atomic mass is 35.5. The maximum Gasteiger partial charge on any atom is 0.291 e. The van der Waals surface area contributed by atoms with Crippen molar-refractivity contribution in [2.24, 2.45) is 0 Å². The first kappa shape index (κ1) is 21.3. The van der Waals surface area contributed by atoms with Crippen molar-refractivity contribution in [1.82, 2.24) is 14.6 Å². The molecule has 160 valence electrons. The first-order valence-corrected chi connectivity index (χ1v) is 11.4. The minimum Gasteiger partial charge on any atom is -0.490 e. The number of ether oxygens (including phenoxy) is 2. The largest absolute Gasteiger partial charge is 0.490 e. The summed E-state index contributed by atoms with van der Waals surface area (Å²) in [5.41, 5.74) is 1.33. The third-order valence-corrected chi connectivity index (χ3v) is 5.91. The topological polar surface area (TPSA) is 65.7 Å². The van der Waals surface area contributed by atoms with Crippen LogP contribution >= 0.6 is 22.9 Å². The average molecular weight is 456 g/mol. The van der Waals surface area contributed by atoms with Crippen LogP contribution in [0.5, 0.6) is 11.5 Å². The lowest BCUT2D eigenvalue weighted by Gasteiger charge is -2.12. The molecule has 8 heteroatoms. The number of benzene rings is 2. The van der Waals surface area contributed by atoms with E-state index in [1.807, 2.05) is 49.4 Å². The van der Waals surface area contributed by atoms with E-state index < -0.39 is 0 Å². The molecule has 0 radical (unpaired) electrons. The van der Waals surface area contributed by atoms with Gasteiger partial charge in [-0.25, -0.2) is 0 Å². The van der Waals surface area contributed by atoms with Crippen LogP contribution in [0.3, 0.4) is 0 Å². The molecular formula is C23H22ClN3O3S. The van der Waals surface area contributed by atoms with Crippen molar-refractivity contribution in [2.45, 2.75) is 26.7 Å². The van der Waals surface area contributed by atoms with Crippen molar-refractivity contribution < 1.29 is 9.47 Å². The number of thiazole rings is 1. The number of rotatable bonds is 8. The fourth-order valence-corrected chi connectivity index (χ4v) is 4.20. The maximum atomic E-state index is 12.9. The Hall–Kier alpha value is -2.90. The number of nitrogens with zero attached hydrogens (tertiary/aromatic N) is 3. The Morgan fingerprint density at radius 1 is 1.13 bits per heavy atom. The van der Waals surface area contributed by atoms with Gasteiger partial charge in [-0.1, -0.05) is 54.5 Å². The van der Waals surface area contributed by atoms with Crippen molar-refractivity contribution in [3.63, 3.8) is 0 Å². The summed E-state index contributed by atoms with van der Waals surface area (Å²) in [6.07, 6.45) is 3.86. The van der Waals surface area contributed by atoms with E-state index >= 15 is 0 Å². The van der Waals surface area contributed by atoms with Gasteiger partial charge >= 0.3 is 0 Å². The summed E-state index contributed by atoms with van der Waals surface area (Å²) in [7, 11) is 0. The van der Waals surface area contributed by atoms with Crippen LogP contribution in [-0.4, -0.2) is 27.8 Å². The van der Waals surface area contributed by atoms with Crippen LogP contribution in [0.25, 0.3) is 22.4 Å². The van der Waals surface area contributed by atoms with Gasteiger partial charge in [0.25, 0.3) is 5.56 Å². The molecule has 2 aromatic carbocycles. The molecule has 0 saturated carbocycles. The minimum absolute atomic E-state index is 0.216. The number of fused-ring (bicyclic) bond motifs is 1. The molecule has 4 rings (SSSR count). The van der Waals surface area contributed by atoms with E-state index in [4.69, 9.17) is 21.1 Å². The zero-order valence-electron chi connectivity index (χ0n) is 17.3. The smallest absolute Gasteiger partial charge is 0.291 e. The molecular weight excluding hydrogens is 434 g/mol. The Morgan fingerprint density at radius 3 is 2.71 bits per heavy atom. The highest BCUT2D eigenvalue weighted by Crippen LogP contribution is 2.29. The molecule has 6 nitrogen and oxygen atoms in total. The van der Waals surface area contributed by atoms with Crippen molar-refractivity contribution >= 4 is 34.0 Å². The molecule has 2 aromatic heterocycles. The van der Waals surface area contributed by atoms with Crippen molar-refractivity contribution in [1.29, 1.82) is 0 Å². The molecule has 0 amide bonds. The number of hydrogen-bond acceptors (Lipinski definition) is 6. The van der Waals surface area contributed by atoms with Gasteiger partial charge in [-0.3, -0.25) is 4.79 Å². The van der Waals surface area contributed by atoms with Crippen molar-refractivity contribution in [3.8, 4) is 22.9 Å². The first-order chi connectivity index (χ1) is 15.1. The fraction of sp³-hybridized carbons (Fsp3) is 0.261. The molecule has 0 unspecified atom stereocenters. The first-order valence-electron chi connectivity index (χ1n) is 10.2. The lowest BCUT2D eigenvalue weighted by molar-refractivity contribution is 0.272. The zero-order chi connectivity index (χ0) is 21.8. The predicted molar refractivity (Wildman–Crippen MR) is 124 cm³/mol. The molecule has 31 heavy (non-hydrogen) atoms. The zero-order valence-corrected chi connectivity index (χ0v) is 18.9. The molecule has 0 fully saturated rings. The van der Waals surface area contributed by atoms with Gasteiger partial charge < -0.3 is 9.47 Å². The van der Waals surface area contributed by atoms with Gasteiger partial charge in [-0.2, -0.15) is 9.50 Å². The van der Waals surface area contributed by atoms with Crippen LogP contribution < -0.4 is 19.6 Å². The fourth-order valence-electron chi connectivity index (χ4n) is 3.07. The van der Waals surface area contributed by atoms with E-state index in [-0.39, 0.29) is 5.56 Å². The summed E-state index contributed by atoms with van der Waals surface area (Å²) in [6, 6.07) is 13.0. The summed E-state index contributed by atoms with van der Waals surface area (Å²) >= 11 is 7.52. The quantitative estimate of drug-likeness (QED) is 0.363. The lowest BCUT2D eigenvalue weighted by atomic mass is 10.2. The molecule has 0 saturated heterocycles. The monoisotopic (exact) mass is 455 g/mol. The van der Waals surface area contributed by atoms with E-state index in [2.05, 4.69) is 17.0 Å². The molecule has 0 aliphatic rings. The molecule has 0 bridgehead atoms. The Bertz CT molecular complexity index is 1320. The Balaban J connectivity index is 1.68. The second kappa shape index (κ2) is 9.49. The van der Waals surface area contributed by atoms with Crippen molar-refractivity contribution in [3.05, 3.63) is 67.9 Å². The van der Waals surface area contributed by atoms with Gasteiger partial charge in [0.1, 0.15) is 0 Å². The highest BCUT2D eigenvalue weighted by Gasteiger charge is 2.14. The highest BCUT2D eigenvalue weighted by molar-refractivity contribution is 7.15. The molecule has 4 aromatic rings. The molecule has 0 spiro atoms. The lowest BCUT2D eigenvalue weighted by Crippen LogP contribution is -2.23. The average Bonchev–Trinajstić information content (AvgIpc) is 3.30. The second-order valence-electron chi connectivity index (χ2n) is 6.87. The second-order valence-corrected chi connectivity index (χ2v) is 8.28. The van der Waals surface area contributed by atoms with Gasteiger partial charge in [-0.05, 0) is 49.2 Å². The van der Waals surface area contributed by atoms with E-state index in [1.165, 1.54) is 15.9 Å². The molecule has 0 N–H and O–H groups in total. The van der Waals surface area contributed by atoms with Crippen LogP contribution in [0.2, 0.25) is 5.02 Å². The van der Waals surface area contributed by atoms with Gasteiger partial charge in [0.05, 0.1) is 22.8 Å². The summed E-state index contributed by atoms with van der Waals surface area (Å²) in [4.78, 5) is 17.9. The molecule has 0 aliphatic carbocycles. The summed E-state index contributed by atoms with van der Waals surface area (Å²) in [6.45, 7) is 5.22. The predicted octanol–water partition coefficient (Wildman–Crippen LogP) is 4.60. The van der Waals surface area contributed by atoms with Gasteiger partial charge in [-0.15, -0.1) is 5.10 Å². The van der Waals surface area contributed by atoms with E-state index in [0.29, 0.717) is 50.6 Å². The Morgan fingerprint density at radius 2 is 1.97 bits per heavy atom. The van der Waals surface area contributed by atoms with Gasteiger partial charge in [0.15, 0.2) is 17.3 Å². The maximum absolute atomic E-state index is 12.9. The molecule has 0 atom stereocenters. The third-order valence-electron chi connectivity index (χ3n) is 4.62. The van der Waals surface area contributed by atoms with E-state index in [0.717, 1.165) is 18.4 Å². The van der Waals surface area contributed by atoms with Crippen LogP contribution in [0.1, 0.15) is 32.3 Å². The van der Waals surface area contributed by atoms with Gasteiger partial charge in [0, 0.05) is 5.56 Å². The number of aromatic nitrogens is 3. The van der Waals surface area contributed by atoms with Crippen LogP contribution in [0.15, 0.2) is 47.3 Å². The van der Waals surface area contributed by atoms with Crippen LogP contribution in [-0.2, 0) is 0 Å². The van der Waals surface area contributed by atoms with E-state index in [1.54, 1.807) is 6.07 Å². The number of unbranched alkanes of at least 4 members (excludes halogenated alkanes) is 1. The summed E-state index contributed by atoms with van der Waals surface area (Å²) < 4.78 is 13.4. The minimum atomic E-state index is -0.216. The number of halogens is 1. The SMILES string of the molecule is CCCCOc1ccc(/C=c2\sc3nc(-c4ccccc4Cl)nn3c2=O)cc1OCC. The normalized spacial score (nSPS) is 11.9. The van der Waals surface area contributed by atoms with E-state index in [9.17, 15) is 4.79 Å². The van der Waals surface area contributed by atoms with Crippen molar-refractivity contribution in [2.75, 3.05) is 13.2 Å². The Labute approximate surface area is 188 Å². The van der Waals surface area contributed by atoms with Crippen LogP contribution in [0.4, 0.5) is 0 Å². The molecule has 0 aliphatic heterocycles. The Kier molecular flexibility index (Phi) is 6.53. The summed E-state index contributed by atoms with van der Waals surface area (Å²) in [5.74, 6) is 1.81. The van der Waals surface area contributed by atoms with Crippen LogP contribution in [0, 0.1) is 0 Å². The third kappa shape index (κ3) is 4.57.